The molecule has 1 fully saturated rings. The Hall–Kier alpha value is -2.14. The van der Waals surface area contributed by atoms with Crippen LogP contribution < -0.4 is 16.4 Å². The summed E-state index contributed by atoms with van der Waals surface area (Å²) < 4.78 is 0. The molecule has 1 unspecified atom stereocenters. The van der Waals surface area contributed by atoms with E-state index in [0.29, 0.717) is 11.5 Å². The molecule has 5 nitrogen and oxygen atoms in total. The van der Waals surface area contributed by atoms with Gasteiger partial charge in [0.05, 0.1) is 16.8 Å². The number of nitrogens with zero attached hydrogens (tertiary/aromatic N) is 1. The van der Waals surface area contributed by atoms with Gasteiger partial charge in [0.2, 0.25) is 0 Å². The highest BCUT2D eigenvalue weighted by atomic mass is 16.1. The van der Waals surface area contributed by atoms with E-state index in [1.54, 1.807) is 6.20 Å². The number of carbonyl (C=O) groups is 1. The van der Waals surface area contributed by atoms with Crippen LogP contribution in [0.3, 0.4) is 0 Å². The zero-order valence-electron chi connectivity index (χ0n) is 11.2. The fraction of sp³-hybridized carbons (Fsp3) is 0.333. The second-order valence-corrected chi connectivity index (χ2v) is 5.17. The molecule has 4 N–H and O–H groups in total. The number of aromatic nitrogens is 1. The molecule has 5 heteroatoms. The molecule has 1 saturated heterocycles. The van der Waals surface area contributed by atoms with E-state index in [1.165, 1.54) is 0 Å². The lowest BCUT2D eigenvalue weighted by molar-refractivity contribution is 0.100. The van der Waals surface area contributed by atoms with Crippen LogP contribution in [0, 0.1) is 5.92 Å². The van der Waals surface area contributed by atoms with Crippen LogP contribution in [-0.4, -0.2) is 30.5 Å². The van der Waals surface area contributed by atoms with Crippen LogP contribution in [0.1, 0.15) is 16.8 Å². The molecule has 1 aromatic carbocycles. The molecule has 0 aliphatic carbocycles. The Labute approximate surface area is 117 Å². The Morgan fingerprint density at radius 1 is 1.45 bits per heavy atom. The number of carbonyl (C=O) groups excluding carboxylic acids is 1. The summed E-state index contributed by atoms with van der Waals surface area (Å²) in [4.78, 5) is 15.9. The molecule has 104 valence electrons. The van der Waals surface area contributed by atoms with Crippen molar-refractivity contribution in [2.75, 3.05) is 25.0 Å². The van der Waals surface area contributed by atoms with E-state index in [-0.39, 0.29) is 0 Å². The van der Waals surface area contributed by atoms with Gasteiger partial charge in [-0.3, -0.25) is 9.78 Å². The average molecular weight is 270 g/mol. The first-order valence-corrected chi connectivity index (χ1v) is 6.88. The highest BCUT2D eigenvalue weighted by Crippen LogP contribution is 2.26. The van der Waals surface area contributed by atoms with Gasteiger partial charge in [0.1, 0.15) is 0 Å². The molecule has 2 heterocycles. The second-order valence-electron chi connectivity index (χ2n) is 5.17. The van der Waals surface area contributed by atoms with Crippen LogP contribution in [0.25, 0.3) is 10.9 Å². The second kappa shape index (κ2) is 5.46. The van der Waals surface area contributed by atoms with Crippen molar-refractivity contribution in [3.05, 3.63) is 36.0 Å². The summed E-state index contributed by atoms with van der Waals surface area (Å²) in [5.41, 5.74) is 7.58. The number of primary amides is 1. The van der Waals surface area contributed by atoms with Crippen LogP contribution >= 0.6 is 0 Å². The predicted octanol–water partition coefficient (Wildman–Crippen LogP) is 1.36. The largest absolute Gasteiger partial charge is 0.383 e. The summed E-state index contributed by atoms with van der Waals surface area (Å²) in [7, 11) is 0. The SMILES string of the molecule is NC(=O)c1cnc2ccccc2c1NCC1CCNC1. The van der Waals surface area contributed by atoms with Gasteiger partial charge in [0.25, 0.3) is 5.91 Å². The molecule has 0 bridgehead atoms. The molecule has 1 aliphatic rings. The number of fused-ring (bicyclic) bond motifs is 1. The van der Waals surface area contributed by atoms with Gasteiger partial charge in [0.15, 0.2) is 0 Å². The number of para-hydroxylation sites is 1. The van der Waals surface area contributed by atoms with Crippen molar-refractivity contribution >= 4 is 22.5 Å². The zero-order chi connectivity index (χ0) is 13.9. The normalized spacial score (nSPS) is 18.3. The lowest BCUT2D eigenvalue weighted by Crippen LogP contribution is -2.20. The topological polar surface area (TPSA) is 80.0 Å². The Kier molecular flexibility index (Phi) is 3.52. The van der Waals surface area contributed by atoms with E-state index < -0.39 is 5.91 Å². The van der Waals surface area contributed by atoms with Gasteiger partial charge in [-0.25, -0.2) is 0 Å². The molecule has 20 heavy (non-hydrogen) atoms. The van der Waals surface area contributed by atoms with Crippen LogP contribution in [0.4, 0.5) is 5.69 Å². The summed E-state index contributed by atoms with van der Waals surface area (Å²) in [6.07, 6.45) is 2.71. The van der Waals surface area contributed by atoms with Gasteiger partial charge in [-0.2, -0.15) is 0 Å². The zero-order valence-corrected chi connectivity index (χ0v) is 11.2. The maximum atomic E-state index is 11.6. The van der Waals surface area contributed by atoms with Gasteiger partial charge in [-0.1, -0.05) is 18.2 Å². The third-order valence-corrected chi connectivity index (χ3v) is 3.77. The smallest absolute Gasteiger partial charge is 0.252 e. The van der Waals surface area contributed by atoms with E-state index >= 15 is 0 Å². The van der Waals surface area contributed by atoms with Gasteiger partial charge < -0.3 is 16.4 Å². The molecule has 1 amide bonds. The summed E-state index contributed by atoms with van der Waals surface area (Å²) in [6.45, 7) is 2.91. The minimum absolute atomic E-state index is 0.449. The number of nitrogens with one attached hydrogen (secondary N) is 2. The molecule has 2 aromatic rings. The molecule has 3 rings (SSSR count). The van der Waals surface area contributed by atoms with Crippen LogP contribution in [-0.2, 0) is 0 Å². The molecule has 1 aromatic heterocycles. The minimum atomic E-state index is -0.449. The lowest BCUT2D eigenvalue weighted by atomic mass is 10.1. The van der Waals surface area contributed by atoms with Gasteiger partial charge >= 0.3 is 0 Å². The predicted molar refractivity (Wildman–Crippen MR) is 79.7 cm³/mol. The number of rotatable bonds is 4. The van der Waals surface area contributed by atoms with Crippen molar-refractivity contribution in [3.8, 4) is 0 Å². The molecular weight excluding hydrogens is 252 g/mol. The number of anilines is 1. The van der Waals surface area contributed by atoms with Gasteiger partial charge in [-0.05, 0) is 31.5 Å². The first kappa shape index (κ1) is 12.9. The minimum Gasteiger partial charge on any atom is -0.383 e. The highest BCUT2D eigenvalue weighted by molar-refractivity contribution is 6.06. The fourth-order valence-electron chi connectivity index (χ4n) is 2.65. The number of pyridine rings is 1. The Bertz CT molecular complexity index is 635. The quantitative estimate of drug-likeness (QED) is 0.783. The fourth-order valence-corrected chi connectivity index (χ4v) is 2.65. The van der Waals surface area contributed by atoms with Crippen molar-refractivity contribution in [2.45, 2.75) is 6.42 Å². The standard InChI is InChI=1S/C15H18N4O/c16-15(20)12-9-18-13-4-2-1-3-11(13)14(12)19-8-10-5-6-17-7-10/h1-4,9-10,17H,5-8H2,(H2,16,20)(H,18,19). The van der Waals surface area contributed by atoms with Crippen molar-refractivity contribution in [1.82, 2.24) is 10.3 Å². The third-order valence-electron chi connectivity index (χ3n) is 3.77. The third kappa shape index (κ3) is 2.44. The molecule has 0 saturated carbocycles. The summed E-state index contributed by atoms with van der Waals surface area (Å²) in [5.74, 6) is 0.137. The monoisotopic (exact) mass is 270 g/mol. The highest BCUT2D eigenvalue weighted by Gasteiger charge is 2.17. The molecule has 1 aliphatic heterocycles. The number of hydrogen-bond donors (Lipinski definition) is 3. The van der Waals surface area contributed by atoms with Crippen molar-refractivity contribution in [2.24, 2.45) is 11.7 Å². The maximum Gasteiger partial charge on any atom is 0.252 e. The molecule has 1 atom stereocenters. The van der Waals surface area contributed by atoms with Crippen molar-refractivity contribution in [1.29, 1.82) is 0 Å². The van der Waals surface area contributed by atoms with E-state index in [4.69, 9.17) is 5.73 Å². The average Bonchev–Trinajstić information content (AvgIpc) is 2.97. The van der Waals surface area contributed by atoms with E-state index in [1.807, 2.05) is 24.3 Å². The Balaban J connectivity index is 1.96. The molecular formula is C15H18N4O. The van der Waals surface area contributed by atoms with Crippen LogP contribution in [0.15, 0.2) is 30.5 Å². The lowest BCUT2D eigenvalue weighted by Gasteiger charge is -2.15. The maximum absolute atomic E-state index is 11.6. The molecule has 0 radical (unpaired) electrons. The van der Waals surface area contributed by atoms with Gasteiger partial charge in [-0.15, -0.1) is 0 Å². The van der Waals surface area contributed by atoms with E-state index in [0.717, 1.165) is 42.6 Å². The number of nitrogens with two attached hydrogens (primary N) is 1. The van der Waals surface area contributed by atoms with Crippen molar-refractivity contribution in [3.63, 3.8) is 0 Å². The van der Waals surface area contributed by atoms with Crippen LogP contribution in [0.2, 0.25) is 0 Å². The molecule has 0 spiro atoms. The summed E-state index contributed by atoms with van der Waals surface area (Å²) in [6, 6.07) is 7.77. The van der Waals surface area contributed by atoms with Gasteiger partial charge in [0, 0.05) is 18.1 Å². The number of amides is 1. The summed E-state index contributed by atoms with van der Waals surface area (Å²) in [5, 5.41) is 7.68. The van der Waals surface area contributed by atoms with E-state index in [2.05, 4.69) is 15.6 Å². The Morgan fingerprint density at radius 3 is 3.05 bits per heavy atom. The number of hydrogen-bond acceptors (Lipinski definition) is 4. The van der Waals surface area contributed by atoms with E-state index in [9.17, 15) is 4.79 Å². The van der Waals surface area contributed by atoms with Crippen molar-refractivity contribution < 1.29 is 4.79 Å². The van der Waals surface area contributed by atoms with Crippen LogP contribution in [0.5, 0.6) is 0 Å². The number of benzene rings is 1. The Morgan fingerprint density at radius 2 is 2.30 bits per heavy atom. The first-order valence-electron chi connectivity index (χ1n) is 6.88. The first-order chi connectivity index (χ1) is 9.75. The summed E-state index contributed by atoms with van der Waals surface area (Å²) >= 11 is 0.